The van der Waals surface area contributed by atoms with Crippen LogP contribution in [-0.4, -0.2) is 24.1 Å². The molecule has 0 fully saturated rings. The van der Waals surface area contributed by atoms with E-state index in [2.05, 4.69) is 10.4 Å². The van der Waals surface area contributed by atoms with Gasteiger partial charge in [-0.15, -0.1) is 0 Å². The predicted octanol–water partition coefficient (Wildman–Crippen LogP) is 1.11. The Morgan fingerprint density at radius 1 is 1.55 bits per heavy atom. The van der Waals surface area contributed by atoms with Gasteiger partial charge in [0, 0.05) is 20.3 Å². The maximum absolute atomic E-state index is 12.8. The first-order chi connectivity index (χ1) is 5.20. The molecule has 0 aliphatic heterocycles. The highest BCUT2D eigenvalue weighted by Gasteiger charge is 2.00. The zero-order valence-electron chi connectivity index (χ0n) is 6.50. The fraction of sp³-hybridized carbons (Fsp3) is 0.286. The van der Waals surface area contributed by atoms with Crippen LogP contribution in [0.4, 0.5) is 10.2 Å². The van der Waals surface area contributed by atoms with Crippen LogP contribution in [0.15, 0.2) is 18.3 Å². The number of nitrogens with one attached hydrogen (secondary N) is 1. The summed E-state index contributed by atoms with van der Waals surface area (Å²) < 4.78 is 12.8. The van der Waals surface area contributed by atoms with Gasteiger partial charge in [0.2, 0.25) is 0 Å². The molecule has 1 aromatic rings. The third-order valence-electron chi connectivity index (χ3n) is 1.09. The van der Waals surface area contributed by atoms with Gasteiger partial charge in [-0.2, -0.15) is 0 Å². The third kappa shape index (κ3) is 2.16. The second kappa shape index (κ2) is 3.30. The van der Waals surface area contributed by atoms with E-state index in [9.17, 15) is 4.39 Å². The molecular weight excluding hydrogens is 145 g/mol. The second-order valence-electron chi connectivity index (χ2n) is 2.34. The highest BCUT2D eigenvalue weighted by atomic mass is 19.1. The minimum absolute atomic E-state index is 0.248. The number of aromatic nitrogens is 1. The molecule has 0 aliphatic rings. The summed E-state index contributed by atoms with van der Waals surface area (Å²) in [5.74, 6) is -0.0984. The van der Waals surface area contributed by atoms with Crippen LogP contribution in [0.25, 0.3) is 0 Å². The van der Waals surface area contributed by atoms with Crippen molar-refractivity contribution in [2.45, 2.75) is 0 Å². The van der Waals surface area contributed by atoms with E-state index in [4.69, 9.17) is 0 Å². The van der Waals surface area contributed by atoms with Crippen LogP contribution in [0.3, 0.4) is 0 Å². The molecule has 1 N–H and O–H groups in total. The number of hydrazine groups is 1. The molecule has 0 aliphatic carbocycles. The van der Waals surface area contributed by atoms with Crippen LogP contribution in [0.5, 0.6) is 0 Å². The van der Waals surface area contributed by atoms with Gasteiger partial charge in [-0.05, 0) is 12.1 Å². The molecule has 1 rings (SSSR count). The van der Waals surface area contributed by atoms with E-state index in [1.165, 1.54) is 12.3 Å². The minimum atomic E-state index is -0.346. The normalized spacial score (nSPS) is 10.2. The average molecular weight is 155 g/mol. The van der Waals surface area contributed by atoms with Gasteiger partial charge >= 0.3 is 0 Å². The summed E-state index contributed by atoms with van der Waals surface area (Å²) in [7, 11) is 3.54. The Morgan fingerprint density at radius 3 is 2.82 bits per heavy atom. The Hall–Kier alpha value is -1.16. The van der Waals surface area contributed by atoms with Crippen molar-refractivity contribution in [2.75, 3.05) is 19.5 Å². The maximum Gasteiger partial charge on any atom is 0.176 e. The topological polar surface area (TPSA) is 28.2 Å². The highest BCUT2D eigenvalue weighted by molar-refractivity contribution is 5.33. The van der Waals surface area contributed by atoms with Gasteiger partial charge in [-0.25, -0.2) is 14.4 Å². The molecule has 0 atom stereocenters. The van der Waals surface area contributed by atoms with E-state index >= 15 is 0 Å². The number of nitrogens with zero attached hydrogens (tertiary/aromatic N) is 2. The molecule has 0 bridgehead atoms. The van der Waals surface area contributed by atoms with Crippen LogP contribution < -0.4 is 5.43 Å². The molecular formula is C7H10FN3. The molecule has 1 heterocycles. The van der Waals surface area contributed by atoms with Crippen molar-refractivity contribution in [3.63, 3.8) is 0 Å². The largest absolute Gasteiger partial charge is 0.301 e. The van der Waals surface area contributed by atoms with Gasteiger partial charge in [0.1, 0.15) is 0 Å². The van der Waals surface area contributed by atoms with Crippen molar-refractivity contribution >= 4 is 5.82 Å². The summed E-state index contributed by atoms with van der Waals surface area (Å²) >= 11 is 0. The molecule has 0 spiro atoms. The summed E-state index contributed by atoms with van der Waals surface area (Å²) in [6, 6.07) is 2.91. The van der Waals surface area contributed by atoms with Gasteiger partial charge in [0.15, 0.2) is 11.6 Å². The Kier molecular flexibility index (Phi) is 2.38. The zero-order valence-corrected chi connectivity index (χ0v) is 6.50. The first-order valence-electron chi connectivity index (χ1n) is 3.24. The molecule has 4 heteroatoms. The molecule has 3 nitrogen and oxygen atoms in total. The molecule has 1 aromatic heterocycles. The monoisotopic (exact) mass is 155 g/mol. The van der Waals surface area contributed by atoms with Crippen molar-refractivity contribution in [1.82, 2.24) is 9.99 Å². The summed E-state index contributed by atoms with van der Waals surface area (Å²) in [6.45, 7) is 0. The number of hydrogen-bond donors (Lipinski definition) is 1. The Morgan fingerprint density at radius 2 is 2.27 bits per heavy atom. The lowest BCUT2D eigenvalue weighted by molar-refractivity contribution is 0.483. The quantitative estimate of drug-likeness (QED) is 0.648. The van der Waals surface area contributed by atoms with E-state index in [1.54, 1.807) is 25.2 Å². The predicted molar refractivity (Wildman–Crippen MR) is 41.5 cm³/mol. The van der Waals surface area contributed by atoms with Gasteiger partial charge in [-0.1, -0.05) is 0 Å². The standard InChI is InChI=1S/C7H10FN3/c1-11(2)10-7-6(8)4-3-5-9-7/h3-5H,1-2H3,(H,9,10). The van der Waals surface area contributed by atoms with Crippen LogP contribution in [0.1, 0.15) is 0 Å². The lowest BCUT2D eigenvalue weighted by Gasteiger charge is -2.12. The van der Waals surface area contributed by atoms with E-state index in [1.807, 2.05) is 0 Å². The molecule has 0 saturated carbocycles. The SMILES string of the molecule is CN(C)Nc1ncccc1F. The van der Waals surface area contributed by atoms with E-state index in [0.29, 0.717) is 0 Å². The van der Waals surface area contributed by atoms with Crippen molar-refractivity contribution in [3.8, 4) is 0 Å². The molecule has 0 aromatic carbocycles. The maximum atomic E-state index is 12.8. The number of rotatable bonds is 2. The molecule has 11 heavy (non-hydrogen) atoms. The van der Waals surface area contributed by atoms with Crippen molar-refractivity contribution in [3.05, 3.63) is 24.1 Å². The highest BCUT2D eigenvalue weighted by Crippen LogP contribution is 2.07. The fourth-order valence-corrected chi connectivity index (χ4v) is 0.680. The minimum Gasteiger partial charge on any atom is -0.301 e. The summed E-state index contributed by atoms with van der Waals surface area (Å²) in [6.07, 6.45) is 1.54. The van der Waals surface area contributed by atoms with Crippen LogP contribution in [0.2, 0.25) is 0 Å². The molecule has 0 saturated heterocycles. The Balaban J connectivity index is 2.78. The first kappa shape index (κ1) is 7.94. The van der Waals surface area contributed by atoms with Crippen molar-refractivity contribution < 1.29 is 4.39 Å². The number of pyridine rings is 1. The lowest BCUT2D eigenvalue weighted by Crippen LogP contribution is -2.21. The third-order valence-corrected chi connectivity index (χ3v) is 1.09. The number of hydrogen-bond acceptors (Lipinski definition) is 3. The van der Waals surface area contributed by atoms with E-state index in [0.717, 1.165) is 0 Å². The smallest absolute Gasteiger partial charge is 0.176 e. The molecule has 0 radical (unpaired) electrons. The van der Waals surface area contributed by atoms with Gasteiger partial charge in [0.05, 0.1) is 0 Å². The summed E-state index contributed by atoms with van der Waals surface area (Å²) in [5, 5.41) is 1.63. The van der Waals surface area contributed by atoms with Crippen LogP contribution in [0, 0.1) is 5.82 Å². The second-order valence-corrected chi connectivity index (χ2v) is 2.34. The molecule has 0 unspecified atom stereocenters. The average Bonchev–Trinajstić information content (AvgIpc) is 1.93. The summed E-state index contributed by atoms with van der Waals surface area (Å²) in [4.78, 5) is 3.79. The van der Waals surface area contributed by atoms with Gasteiger partial charge in [-0.3, -0.25) is 0 Å². The van der Waals surface area contributed by atoms with E-state index < -0.39 is 0 Å². The number of halogens is 1. The Labute approximate surface area is 64.8 Å². The van der Waals surface area contributed by atoms with Gasteiger partial charge in [0.25, 0.3) is 0 Å². The molecule has 60 valence electrons. The zero-order chi connectivity index (χ0) is 8.27. The Bertz CT molecular complexity index is 237. The lowest BCUT2D eigenvalue weighted by atomic mass is 10.4. The molecule has 0 amide bonds. The van der Waals surface area contributed by atoms with E-state index in [-0.39, 0.29) is 11.6 Å². The first-order valence-corrected chi connectivity index (χ1v) is 3.24. The number of anilines is 1. The van der Waals surface area contributed by atoms with Crippen LogP contribution >= 0.6 is 0 Å². The van der Waals surface area contributed by atoms with Gasteiger partial charge < -0.3 is 5.43 Å². The van der Waals surface area contributed by atoms with Crippen molar-refractivity contribution in [2.24, 2.45) is 0 Å². The van der Waals surface area contributed by atoms with Crippen molar-refractivity contribution in [1.29, 1.82) is 0 Å². The fourth-order valence-electron chi connectivity index (χ4n) is 0.680. The van der Waals surface area contributed by atoms with Crippen LogP contribution in [-0.2, 0) is 0 Å². The summed E-state index contributed by atoms with van der Waals surface area (Å²) in [5.41, 5.74) is 2.72.